The SMILES string of the molecule is NCc1cc(Br)ccc1OCCCF. The van der Waals surface area contributed by atoms with Gasteiger partial charge in [-0.25, -0.2) is 0 Å². The first kappa shape index (κ1) is 11.5. The third-order valence-electron chi connectivity index (χ3n) is 1.78. The Morgan fingerprint density at radius 3 is 2.86 bits per heavy atom. The molecule has 0 aliphatic heterocycles. The summed E-state index contributed by atoms with van der Waals surface area (Å²) in [6.45, 7) is 0.462. The number of rotatable bonds is 5. The van der Waals surface area contributed by atoms with Crippen molar-refractivity contribution in [1.82, 2.24) is 0 Å². The number of hydrogen-bond acceptors (Lipinski definition) is 2. The summed E-state index contributed by atoms with van der Waals surface area (Å²) in [6.07, 6.45) is 0.417. The lowest BCUT2D eigenvalue weighted by Gasteiger charge is -2.09. The second kappa shape index (κ2) is 5.98. The summed E-state index contributed by atoms with van der Waals surface area (Å²) >= 11 is 3.35. The highest BCUT2D eigenvalue weighted by Crippen LogP contribution is 2.22. The average molecular weight is 262 g/mol. The maximum absolute atomic E-state index is 11.8. The lowest BCUT2D eigenvalue weighted by molar-refractivity contribution is 0.287. The second-order valence-electron chi connectivity index (χ2n) is 2.85. The van der Waals surface area contributed by atoms with Gasteiger partial charge in [0, 0.05) is 23.0 Å². The maximum Gasteiger partial charge on any atom is 0.123 e. The molecule has 0 amide bonds. The Balaban J connectivity index is 2.65. The third-order valence-corrected chi connectivity index (χ3v) is 2.27. The smallest absolute Gasteiger partial charge is 0.123 e. The van der Waals surface area contributed by atoms with E-state index in [2.05, 4.69) is 15.9 Å². The van der Waals surface area contributed by atoms with E-state index in [0.717, 1.165) is 15.8 Å². The van der Waals surface area contributed by atoms with E-state index < -0.39 is 0 Å². The zero-order valence-electron chi connectivity index (χ0n) is 7.80. The molecule has 0 heterocycles. The minimum absolute atomic E-state index is 0.353. The van der Waals surface area contributed by atoms with Crippen LogP contribution in [0.1, 0.15) is 12.0 Å². The van der Waals surface area contributed by atoms with Crippen molar-refractivity contribution in [3.05, 3.63) is 28.2 Å². The molecule has 0 atom stereocenters. The van der Waals surface area contributed by atoms with Gasteiger partial charge in [0.15, 0.2) is 0 Å². The summed E-state index contributed by atoms with van der Waals surface area (Å²) in [4.78, 5) is 0. The van der Waals surface area contributed by atoms with Crippen LogP contribution < -0.4 is 10.5 Å². The number of benzene rings is 1. The minimum Gasteiger partial charge on any atom is -0.493 e. The molecule has 0 saturated heterocycles. The summed E-state index contributed by atoms with van der Waals surface area (Å²) < 4.78 is 18.2. The molecule has 0 aliphatic carbocycles. The molecule has 2 nitrogen and oxygen atoms in total. The van der Waals surface area contributed by atoms with Gasteiger partial charge in [0.25, 0.3) is 0 Å². The van der Waals surface area contributed by atoms with Crippen molar-refractivity contribution in [2.75, 3.05) is 13.3 Å². The molecule has 0 radical (unpaired) electrons. The van der Waals surface area contributed by atoms with Crippen LogP contribution in [0, 0.1) is 0 Å². The standard InChI is InChI=1S/C10H13BrFNO/c11-9-2-3-10(8(6-9)7-13)14-5-1-4-12/h2-3,6H,1,4-5,7,13H2. The molecule has 78 valence electrons. The fraction of sp³-hybridized carbons (Fsp3) is 0.400. The topological polar surface area (TPSA) is 35.2 Å². The van der Waals surface area contributed by atoms with Crippen LogP contribution in [0.25, 0.3) is 0 Å². The molecule has 4 heteroatoms. The van der Waals surface area contributed by atoms with Gasteiger partial charge in [-0.1, -0.05) is 15.9 Å². The average Bonchev–Trinajstić information content (AvgIpc) is 2.20. The lowest BCUT2D eigenvalue weighted by Crippen LogP contribution is -2.04. The number of halogens is 2. The molecular weight excluding hydrogens is 249 g/mol. The van der Waals surface area contributed by atoms with E-state index in [0.29, 0.717) is 19.6 Å². The van der Waals surface area contributed by atoms with Gasteiger partial charge in [0.2, 0.25) is 0 Å². The van der Waals surface area contributed by atoms with Gasteiger partial charge in [-0.2, -0.15) is 0 Å². The van der Waals surface area contributed by atoms with E-state index >= 15 is 0 Å². The number of nitrogens with two attached hydrogens (primary N) is 1. The molecule has 0 aliphatic rings. The van der Waals surface area contributed by atoms with Gasteiger partial charge >= 0.3 is 0 Å². The summed E-state index contributed by atoms with van der Waals surface area (Å²) in [7, 11) is 0. The number of ether oxygens (including phenoxy) is 1. The van der Waals surface area contributed by atoms with Crippen LogP contribution >= 0.6 is 15.9 Å². The van der Waals surface area contributed by atoms with E-state index in [-0.39, 0.29) is 6.67 Å². The van der Waals surface area contributed by atoms with E-state index in [1.54, 1.807) is 0 Å². The van der Waals surface area contributed by atoms with E-state index in [9.17, 15) is 4.39 Å². The Kier molecular flexibility index (Phi) is 4.90. The Morgan fingerprint density at radius 2 is 2.21 bits per heavy atom. The van der Waals surface area contributed by atoms with Crippen LogP contribution in [0.2, 0.25) is 0 Å². The van der Waals surface area contributed by atoms with Gasteiger partial charge in [-0.15, -0.1) is 0 Å². The zero-order chi connectivity index (χ0) is 10.4. The van der Waals surface area contributed by atoms with Gasteiger partial charge in [0.1, 0.15) is 5.75 Å². The molecule has 1 rings (SSSR count). The third kappa shape index (κ3) is 3.27. The van der Waals surface area contributed by atoms with Crippen LogP contribution in [-0.4, -0.2) is 13.3 Å². The van der Waals surface area contributed by atoms with Crippen molar-refractivity contribution in [2.24, 2.45) is 5.73 Å². The number of alkyl halides is 1. The molecule has 0 fully saturated rings. The highest BCUT2D eigenvalue weighted by molar-refractivity contribution is 9.10. The Morgan fingerprint density at radius 1 is 1.43 bits per heavy atom. The van der Waals surface area contributed by atoms with Crippen LogP contribution in [0.4, 0.5) is 4.39 Å². The molecule has 0 bridgehead atoms. The monoisotopic (exact) mass is 261 g/mol. The van der Waals surface area contributed by atoms with Crippen molar-refractivity contribution in [1.29, 1.82) is 0 Å². The van der Waals surface area contributed by atoms with Gasteiger partial charge in [-0.05, 0) is 18.2 Å². The van der Waals surface area contributed by atoms with Crippen molar-refractivity contribution in [3.63, 3.8) is 0 Å². The van der Waals surface area contributed by atoms with E-state index in [1.807, 2.05) is 18.2 Å². The summed E-state index contributed by atoms with van der Waals surface area (Å²) in [5.74, 6) is 0.740. The summed E-state index contributed by atoms with van der Waals surface area (Å²) in [6, 6.07) is 5.62. The van der Waals surface area contributed by atoms with Crippen molar-refractivity contribution in [2.45, 2.75) is 13.0 Å². The highest BCUT2D eigenvalue weighted by atomic mass is 79.9. The van der Waals surface area contributed by atoms with Crippen molar-refractivity contribution < 1.29 is 9.13 Å². The second-order valence-corrected chi connectivity index (χ2v) is 3.76. The molecule has 1 aromatic carbocycles. The fourth-order valence-electron chi connectivity index (χ4n) is 1.09. The van der Waals surface area contributed by atoms with Crippen molar-refractivity contribution in [3.8, 4) is 5.75 Å². The molecule has 1 aromatic rings. The molecule has 2 N–H and O–H groups in total. The fourth-order valence-corrected chi connectivity index (χ4v) is 1.49. The molecule has 0 spiro atoms. The predicted octanol–water partition coefficient (Wildman–Crippen LogP) is 2.65. The van der Waals surface area contributed by atoms with Gasteiger partial charge < -0.3 is 10.5 Å². The van der Waals surface area contributed by atoms with Crippen LogP contribution in [0.15, 0.2) is 22.7 Å². The van der Waals surface area contributed by atoms with Crippen LogP contribution in [0.5, 0.6) is 5.75 Å². The largest absolute Gasteiger partial charge is 0.493 e. The molecule has 0 aromatic heterocycles. The first-order valence-corrected chi connectivity index (χ1v) is 5.24. The molecular formula is C10H13BrFNO. The number of hydrogen-bond donors (Lipinski definition) is 1. The van der Waals surface area contributed by atoms with E-state index in [1.165, 1.54) is 0 Å². The first-order valence-electron chi connectivity index (χ1n) is 4.45. The summed E-state index contributed by atoms with van der Waals surface area (Å²) in [5, 5.41) is 0. The van der Waals surface area contributed by atoms with Crippen LogP contribution in [-0.2, 0) is 6.54 Å². The van der Waals surface area contributed by atoms with Crippen molar-refractivity contribution >= 4 is 15.9 Å². The zero-order valence-corrected chi connectivity index (χ0v) is 9.39. The summed E-state index contributed by atoms with van der Waals surface area (Å²) in [5.41, 5.74) is 6.48. The van der Waals surface area contributed by atoms with Crippen LogP contribution in [0.3, 0.4) is 0 Å². The maximum atomic E-state index is 11.8. The minimum atomic E-state index is -0.353. The van der Waals surface area contributed by atoms with Gasteiger partial charge in [-0.3, -0.25) is 4.39 Å². The molecule has 0 saturated carbocycles. The molecule has 14 heavy (non-hydrogen) atoms. The predicted molar refractivity (Wildman–Crippen MR) is 58.1 cm³/mol. The first-order chi connectivity index (χ1) is 6.77. The highest BCUT2D eigenvalue weighted by Gasteiger charge is 2.02. The lowest BCUT2D eigenvalue weighted by atomic mass is 10.2. The van der Waals surface area contributed by atoms with E-state index in [4.69, 9.17) is 10.5 Å². The normalized spacial score (nSPS) is 10.2. The molecule has 0 unspecified atom stereocenters. The Bertz CT molecular complexity index is 293. The Hall–Kier alpha value is -0.610. The van der Waals surface area contributed by atoms with Gasteiger partial charge in [0.05, 0.1) is 13.3 Å². The Labute approximate surface area is 91.4 Å². The quantitative estimate of drug-likeness (QED) is 0.828.